The van der Waals surface area contributed by atoms with Crippen molar-refractivity contribution in [3.8, 4) is 0 Å². The molecule has 3 heterocycles. The lowest BCUT2D eigenvalue weighted by atomic mass is 9.97. The van der Waals surface area contributed by atoms with Crippen LogP contribution in [0.5, 0.6) is 0 Å². The number of hydrogen-bond donors (Lipinski definition) is 4. The molecule has 2 aliphatic rings. The van der Waals surface area contributed by atoms with E-state index in [-0.39, 0.29) is 18.7 Å². The topological polar surface area (TPSA) is 106 Å². The minimum atomic E-state index is -0.233. The number of allylic oxidation sites excluding steroid dienone is 3. The molecular weight excluding hydrogens is 522 g/mol. The number of carbonyl (C=O) groups is 1. The van der Waals surface area contributed by atoms with Gasteiger partial charge in [-0.1, -0.05) is 55.0 Å². The van der Waals surface area contributed by atoms with E-state index < -0.39 is 0 Å². The molecule has 10 heteroatoms. The van der Waals surface area contributed by atoms with Crippen molar-refractivity contribution >= 4 is 39.0 Å². The quantitative estimate of drug-likeness (QED) is 0.263. The zero-order valence-corrected chi connectivity index (χ0v) is 23.9. The number of amides is 2. The number of nitrogens with one attached hydrogen (secondary N) is 3. The molecular formula is C30H39N7O2S. The first-order valence-electron chi connectivity index (χ1n) is 14.2. The van der Waals surface area contributed by atoms with Crippen molar-refractivity contribution in [3.05, 3.63) is 70.9 Å². The van der Waals surface area contributed by atoms with E-state index in [1.54, 1.807) is 17.7 Å². The Bertz CT molecular complexity index is 1330. The first kappa shape index (κ1) is 28.2. The summed E-state index contributed by atoms with van der Waals surface area (Å²) >= 11 is 1.70. The van der Waals surface area contributed by atoms with Gasteiger partial charge < -0.3 is 26.0 Å². The van der Waals surface area contributed by atoms with Crippen LogP contribution in [0.3, 0.4) is 0 Å². The number of carbonyl (C=O) groups excluding carboxylic acids is 1. The number of rotatable bonds is 11. The van der Waals surface area contributed by atoms with Crippen LogP contribution in [-0.2, 0) is 0 Å². The highest BCUT2D eigenvalue weighted by Crippen LogP contribution is 2.37. The first-order valence-corrected chi connectivity index (χ1v) is 15.0. The van der Waals surface area contributed by atoms with Gasteiger partial charge in [0, 0.05) is 50.7 Å². The van der Waals surface area contributed by atoms with E-state index in [4.69, 9.17) is 0 Å². The summed E-state index contributed by atoms with van der Waals surface area (Å²) in [6.45, 7) is 8.71. The maximum Gasteiger partial charge on any atom is 0.317 e. The molecule has 9 nitrogen and oxygen atoms in total. The van der Waals surface area contributed by atoms with Gasteiger partial charge in [-0.2, -0.15) is 0 Å². The van der Waals surface area contributed by atoms with Gasteiger partial charge in [-0.3, -0.25) is 4.90 Å². The van der Waals surface area contributed by atoms with Gasteiger partial charge in [0.05, 0.1) is 22.9 Å². The number of aromatic nitrogens is 2. The van der Waals surface area contributed by atoms with Gasteiger partial charge in [0.2, 0.25) is 0 Å². The van der Waals surface area contributed by atoms with Crippen molar-refractivity contribution in [2.45, 2.75) is 25.8 Å². The van der Waals surface area contributed by atoms with Crippen LogP contribution in [0.4, 0.5) is 10.6 Å². The number of benzene rings is 1. The maximum atomic E-state index is 12.4. The van der Waals surface area contributed by atoms with Gasteiger partial charge in [-0.15, -0.1) is 11.3 Å². The Labute approximate surface area is 240 Å². The summed E-state index contributed by atoms with van der Waals surface area (Å²) in [6.07, 6.45) is 8.12. The van der Waals surface area contributed by atoms with Gasteiger partial charge in [-0.25, -0.2) is 14.8 Å². The van der Waals surface area contributed by atoms with Crippen LogP contribution in [0, 0.1) is 0 Å². The molecule has 2 aromatic heterocycles. The van der Waals surface area contributed by atoms with Crippen molar-refractivity contribution in [1.29, 1.82) is 0 Å². The van der Waals surface area contributed by atoms with E-state index >= 15 is 0 Å². The molecule has 1 aliphatic carbocycles. The molecule has 0 radical (unpaired) electrons. The monoisotopic (exact) mass is 561 g/mol. The Balaban J connectivity index is 1.18. The Morgan fingerprint density at radius 1 is 1.07 bits per heavy atom. The van der Waals surface area contributed by atoms with Gasteiger partial charge in [0.15, 0.2) is 0 Å². The number of aliphatic hydroxyl groups is 1. The summed E-state index contributed by atoms with van der Waals surface area (Å²) in [4.78, 5) is 27.0. The van der Waals surface area contributed by atoms with Crippen LogP contribution in [-0.4, -0.2) is 89.9 Å². The van der Waals surface area contributed by atoms with Crippen molar-refractivity contribution < 1.29 is 9.90 Å². The third kappa shape index (κ3) is 7.06. The smallest absolute Gasteiger partial charge is 0.317 e. The first-order chi connectivity index (χ1) is 19.6. The summed E-state index contributed by atoms with van der Waals surface area (Å²) in [6, 6.07) is 11.9. The fraction of sp³-hybridized carbons (Fsp3) is 0.433. The summed E-state index contributed by atoms with van der Waals surface area (Å²) in [5.41, 5.74) is 4.69. The maximum absolute atomic E-state index is 12.4. The van der Waals surface area contributed by atoms with Crippen molar-refractivity contribution in [1.82, 2.24) is 30.4 Å². The molecule has 1 unspecified atom stereocenters. The molecule has 0 saturated carbocycles. The van der Waals surface area contributed by atoms with Crippen LogP contribution in [0.25, 0.3) is 15.8 Å². The number of nitrogens with zero attached hydrogens (tertiary/aromatic N) is 4. The predicted octanol–water partition coefficient (Wildman–Crippen LogP) is 3.88. The van der Waals surface area contributed by atoms with Crippen LogP contribution in [0.1, 0.15) is 36.2 Å². The molecule has 0 bridgehead atoms. The number of aliphatic hydroxyl groups excluding tert-OH is 1. The van der Waals surface area contributed by atoms with Crippen LogP contribution in [0.15, 0.2) is 60.5 Å². The molecule has 212 valence electrons. The molecule has 1 aromatic carbocycles. The minimum Gasteiger partial charge on any atom is -0.394 e. The molecule has 0 spiro atoms. The number of fused-ring (bicyclic) bond motifs is 1. The predicted molar refractivity (Wildman–Crippen MR) is 163 cm³/mol. The van der Waals surface area contributed by atoms with E-state index in [9.17, 15) is 9.90 Å². The molecule has 1 fully saturated rings. The third-order valence-corrected chi connectivity index (χ3v) is 8.68. The fourth-order valence-corrected chi connectivity index (χ4v) is 6.28. The number of anilines is 1. The number of likely N-dealkylation sites (N-methyl/N-ethyl adjacent to an activating group) is 1. The van der Waals surface area contributed by atoms with Gasteiger partial charge in [0.25, 0.3) is 0 Å². The van der Waals surface area contributed by atoms with Crippen LogP contribution < -0.4 is 16.0 Å². The van der Waals surface area contributed by atoms with E-state index in [0.29, 0.717) is 6.54 Å². The van der Waals surface area contributed by atoms with Gasteiger partial charge >= 0.3 is 6.03 Å². The Morgan fingerprint density at radius 3 is 2.62 bits per heavy atom. The molecule has 1 saturated heterocycles. The minimum absolute atomic E-state index is 0.0223. The van der Waals surface area contributed by atoms with Crippen molar-refractivity contribution in [2.75, 3.05) is 64.3 Å². The lowest BCUT2D eigenvalue weighted by Gasteiger charge is -2.35. The average molecular weight is 562 g/mol. The summed E-state index contributed by atoms with van der Waals surface area (Å²) < 4.78 is 1.01. The number of thiophene rings is 1. The number of hydrogen-bond acceptors (Lipinski definition) is 8. The Morgan fingerprint density at radius 2 is 1.90 bits per heavy atom. The van der Waals surface area contributed by atoms with Crippen molar-refractivity contribution in [3.63, 3.8) is 0 Å². The lowest BCUT2D eigenvalue weighted by Crippen LogP contribution is -2.52. The molecule has 4 N–H and O–H groups in total. The van der Waals surface area contributed by atoms with E-state index in [1.165, 1.54) is 16.0 Å². The van der Waals surface area contributed by atoms with Gasteiger partial charge in [0.1, 0.15) is 12.1 Å². The normalized spacial score (nSPS) is 16.9. The van der Waals surface area contributed by atoms with E-state index in [1.807, 2.05) is 35.2 Å². The lowest BCUT2D eigenvalue weighted by molar-refractivity contribution is 0.145. The zero-order chi connectivity index (χ0) is 27.7. The average Bonchev–Trinajstić information content (AvgIpc) is 3.44. The highest BCUT2D eigenvalue weighted by molar-refractivity contribution is 7.20. The van der Waals surface area contributed by atoms with Gasteiger partial charge in [-0.05, 0) is 36.6 Å². The van der Waals surface area contributed by atoms with E-state index in [2.05, 4.69) is 56.0 Å². The Hall–Kier alpha value is -3.31. The molecule has 40 heavy (non-hydrogen) atoms. The molecule has 2 amide bonds. The second kappa shape index (κ2) is 13.8. The zero-order valence-electron chi connectivity index (χ0n) is 23.1. The second-order valence-corrected chi connectivity index (χ2v) is 11.3. The van der Waals surface area contributed by atoms with Crippen molar-refractivity contribution in [2.24, 2.45) is 0 Å². The molecule has 1 aliphatic heterocycles. The highest BCUT2D eigenvalue weighted by atomic mass is 32.1. The molecule has 5 rings (SSSR count). The SMILES string of the molecule is CCNCCNC(=O)N1CCN(CC2=CC=C(c3cc4ncnc(NC(CO)c5ccccc5)c4s3)CC2)CC1. The molecule has 3 aromatic rings. The Kier molecular flexibility index (Phi) is 9.77. The second-order valence-electron chi connectivity index (χ2n) is 10.2. The number of piperazine rings is 1. The number of urea groups is 1. The van der Waals surface area contributed by atoms with E-state index in [0.717, 1.165) is 80.3 Å². The third-order valence-electron chi connectivity index (χ3n) is 7.47. The summed E-state index contributed by atoms with van der Waals surface area (Å²) in [7, 11) is 0. The fourth-order valence-electron chi connectivity index (χ4n) is 5.16. The van der Waals surface area contributed by atoms with Crippen LogP contribution in [0.2, 0.25) is 0 Å². The summed E-state index contributed by atoms with van der Waals surface area (Å²) in [5, 5.41) is 19.7. The largest absolute Gasteiger partial charge is 0.394 e. The highest BCUT2D eigenvalue weighted by Gasteiger charge is 2.22. The summed E-state index contributed by atoms with van der Waals surface area (Å²) in [5.74, 6) is 0.752. The standard InChI is InChI=1S/C30H39N7O2S/c1-2-31-12-13-32-30(39)37-16-14-36(15-17-37)19-22-8-10-24(11-9-22)27-18-25-28(40-27)29(34-21-33-25)35-26(20-38)23-6-4-3-5-7-23/h3-8,10,18,21,26,31,38H,2,9,11-17,19-20H2,1H3,(H,32,39)(H,33,34,35). The van der Waals surface area contributed by atoms with Crippen LogP contribution >= 0.6 is 11.3 Å². The molecule has 1 atom stereocenters.